The minimum absolute atomic E-state index is 0.0819. The molecule has 0 unspecified atom stereocenters. The van der Waals surface area contributed by atoms with Crippen LogP contribution in [-0.4, -0.2) is 75.5 Å². The number of carbonyl (C=O) groups is 2. The van der Waals surface area contributed by atoms with Gasteiger partial charge in [0.25, 0.3) is 0 Å². The van der Waals surface area contributed by atoms with Gasteiger partial charge in [-0.25, -0.2) is 0 Å². The van der Waals surface area contributed by atoms with Gasteiger partial charge in [-0.2, -0.15) is 5.10 Å². The first-order valence-electron chi connectivity index (χ1n) is 9.90. The topological polar surface area (TPSA) is 87.9 Å². The van der Waals surface area contributed by atoms with E-state index in [1.165, 1.54) is 0 Å². The van der Waals surface area contributed by atoms with Crippen molar-refractivity contribution in [3.05, 3.63) is 17.5 Å². The monoisotopic (exact) mass is 378 g/mol. The standard InChI is InChI=1S/C19H30N4O4/c1-15(21-9-11-27-12-10-21)3-5-18(24)22-7-2-8-23-17(14-22)13-16(20-23)4-6-19(25)26/h13,15H,2-12,14H2,1H3,(H,25,26)/t15-/m0/s1. The van der Waals surface area contributed by atoms with Crippen LogP contribution in [-0.2, 0) is 33.8 Å². The predicted octanol–water partition coefficient (Wildman–Crippen LogP) is 1.13. The van der Waals surface area contributed by atoms with Crippen molar-refractivity contribution in [2.45, 2.75) is 58.2 Å². The highest BCUT2D eigenvalue weighted by Crippen LogP contribution is 2.17. The van der Waals surface area contributed by atoms with Crippen LogP contribution in [0.3, 0.4) is 0 Å². The Labute approximate surface area is 160 Å². The van der Waals surface area contributed by atoms with E-state index in [-0.39, 0.29) is 12.3 Å². The SMILES string of the molecule is C[C@@H](CCC(=O)N1CCCn2nc(CCC(=O)O)cc2C1)N1CCOCC1. The molecular formula is C19H30N4O4. The summed E-state index contributed by atoms with van der Waals surface area (Å²) in [6.07, 6.45) is 2.80. The number of carboxylic acids is 1. The van der Waals surface area contributed by atoms with Gasteiger partial charge >= 0.3 is 5.97 Å². The number of aromatic nitrogens is 2. The van der Waals surface area contributed by atoms with E-state index in [4.69, 9.17) is 9.84 Å². The average Bonchev–Trinajstić information content (AvgIpc) is 2.95. The molecule has 1 amide bonds. The zero-order chi connectivity index (χ0) is 19.2. The number of fused-ring (bicyclic) bond motifs is 1. The molecule has 3 rings (SSSR count). The van der Waals surface area contributed by atoms with Gasteiger partial charge in [-0.15, -0.1) is 0 Å². The van der Waals surface area contributed by atoms with E-state index in [2.05, 4.69) is 16.9 Å². The van der Waals surface area contributed by atoms with Crippen molar-refractivity contribution >= 4 is 11.9 Å². The maximum atomic E-state index is 12.7. The van der Waals surface area contributed by atoms with Crippen LogP contribution < -0.4 is 0 Å². The smallest absolute Gasteiger partial charge is 0.303 e. The summed E-state index contributed by atoms with van der Waals surface area (Å²) in [7, 11) is 0. The quantitative estimate of drug-likeness (QED) is 0.765. The fourth-order valence-corrected chi connectivity index (χ4v) is 3.78. The van der Waals surface area contributed by atoms with Crippen LogP contribution in [0.15, 0.2) is 6.07 Å². The van der Waals surface area contributed by atoms with Gasteiger partial charge in [0.15, 0.2) is 0 Å². The van der Waals surface area contributed by atoms with E-state index in [1.54, 1.807) is 0 Å². The van der Waals surface area contributed by atoms with Crippen molar-refractivity contribution in [3.63, 3.8) is 0 Å². The molecule has 150 valence electrons. The van der Waals surface area contributed by atoms with Crippen LogP contribution >= 0.6 is 0 Å². The maximum absolute atomic E-state index is 12.7. The van der Waals surface area contributed by atoms with Crippen LogP contribution in [0.2, 0.25) is 0 Å². The number of hydrogen-bond acceptors (Lipinski definition) is 5. The third-order valence-corrected chi connectivity index (χ3v) is 5.46. The normalized spacial score (nSPS) is 19.4. The van der Waals surface area contributed by atoms with E-state index in [0.717, 1.165) is 63.6 Å². The molecule has 1 saturated heterocycles. The van der Waals surface area contributed by atoms with E-state index in [0.29, 0.717) is 25.4 Å². The number of carbonyl (C=O) groups excluding carboxylic acids is 1. The number of amides is 1. The molecule has 2 aliphatic heterocycles. The Morgan fingerprint density at radius 3 is 2.74 bits per heavy atom. The van der Waals surface area contributed by atoms with Gasteiger partial charge in [-0.3, -0.25) is 19.2 Å². The van der Waals surface area contributed by atoms with E-state index >= 15 is 0 Å². The number of aryl methyl sites for hydroxylation is 2. The first-order valence-corrected chi connectivity index (χ1v) is 9.90. The summed E-state index contributed by atoms with van der Waals surface area (Å²) in [6, 6.07) is 2.34. The first-order chi connectivity index (χ1) is 13.0. The fraction of sp³-hybridized carbons (Fsp3) is 0.737. The zero-order valence-electron chi connectivity index (χ0n) is 16.1. The summed E-state index contributed by atoms with van der Waals surface area (Å²) in [6.45, 7) is 7.70. The second-order valence-corrected chi connectivity index (χ2v) is 7.45. The Kier molecular flexibility index (Phi) is 6.84. The Bertz CT molecular complexity index is 654. The Morgan fingerprint density at radius 2 is 2.00 bits per heavy atom. The highest BCUT2D eigenvalue weighted by molar-refractivity contribution is 5.76. The van der Waals surface area contributed by atoms with Crippen LogP contribution in [0.25, 0.3) is 0 Å². The fourth-order valence-electron chi connectivity index (χ4n) is 3.78. The Hall–Kier alpha value is -1.93. The maximum Gasteiger partial charge on any atom is 0.303 e. The number of nitrogens with zero attached hydrogens (tertiary/aromatic N) is 4. The predicted molar refractivity (Wildman–Crippen MR) is 99.3 cm³/mol. The third-order valence-electron chi connectivity index (χ3n) is 5.46. The van der Waals surface area contributed by atoms with Crippen LogP contribution in [0.4, 0.5) is 0 Å². The van der Waals surface area contributed by atoms with Gasteiger partial charge in [0, 0.05) is 45.1 Å². The molecule has 0 aliphatic carbocycles. The third kappa shape index (κ3) is 5.52. The number of morpholine rings is 1. The number of rotatable bonds is 7. The number of hydrogen-bond donors (Lipinski definition) is 1. The second kappa shape index (κ2) is 9.32. The van der Waals surface area contributed by atoms with Gasteiger partial charge in [-0.1, -0.05) is 0 Å². The molecule has 1 aromatic rings. The Morgan fingerprint density at radius 1 is 1.22 bits per heavy atom. The molecule has 1 atom stereocenters. The van der Waals surface area contributed by atoms with Gasteiger partial charge < -0.3 is 14.7 Å². The lowest BCUT2D eigenvalue weighted by molar-refractivity contribution is -0.137. The summed E-state index contributed by atoms with van der Waals surface area (Å²) in [4.78, 5) is 27.8. The first kappa shape index (κ1) is 19.8. The summed E-state index contributed by atoms with van der Waals surface area (Å²) >= 11 is 0. The molecule has 27 heavy (non-hydrogen) atoms. The molecular weight excluding hydrogens is 348 g/mol. The largest absolute Gasteiger partial charge is 0.481 e. The van der Waals surface area contributed by atoms with Crippen molar-refractivity contribution in [3.8, 4) is 0 Å². The van der Waals surface area contributed by atoms with Crippen molar-refractivity contribution in [2.24, 2.45) is 0 Å². The van der Waals surface area contributed by atoms with Gasteiger partial charge in [0.2, 0.25) is 5.91 Å². The van der Waals surface area contributed by atoms with E-state index in [1.807, 2.05) is 15.6 Å². The van der Waals surface area contributed by atoms with Crippen molar-refractivity contribution < 1.29 is 19.4 Å². The number of ether oxygens (including phenoxy) is 1. The molecule has 2 aliphatic rings. The minimum Gasteiger partial charge on any atom is -0.481 e. The lowest BCUT2D eigenvalue weighted by atomic mass is 10.1. The molecule has 0 spiro atoms. The molecule has 1 N–H and O–H groups in total. The lowest BCUT2D eigenvalue weighted by Crippen LogP contribution is -2.42. The van der Waals surface area contributed by atoms with Crippen molar-refractivity contribution in [1.82, 2.24) is 19.6 Å². The molecule has 1 fully saturated rings. The average molecular weight is 378 g/mol. The Balaban J connectivity index is 1.52. The van der Waals surface area contributed by atoms with E-state index in [9.17, 15) is 9.59 Å². The second-order valence-electron chi connectivity index (χ2n) is 7.45. The van der Waals surface area contributed by atoms with Crippen LogP contribution in [0.1, 0.15) is 44.0 Å². The summed E-state index contributed by atoms with van der Waals surface area (Å²) in [5.41, 5.74) is 1.80. The molecule has 0 aromatic carbocycles. The molecule has 0 saturated carbocycles. The lowest BCUT2D eigenvalue weighted by Gasteiger charge is -2.32. The van der Waals surface area contributed by atoms with Crippen molar-refractivity contribution in [2.75, 3.05) is 32.8 Å². The summed E-state index contributed by atoms with van der Waals surface area (Å²) < 4.78 is 7.32. The van der Waals surface area contributed by atoms with Gasteiger partial charge in [-0.05, 0) is 25.8 Å². The van der Waals surface area contributed by atoms with Crippen LogP contribution in [0, 0.1) is 0 Å². The molecule has 0 radical (unpaired) electrons. The summed E-state index contributed by atoms with van der Waals surface area (Å²) in [5.74, 6) is -0.624. The summed E-state index contributed by atoms with van der Waals surface area (Å²) in [5, 5.41) is 13.3. The highest BCUT2D eigenvalue weighted by atomic mass is 16.5. The molecule has 1 aromatic heterocycles. The number of carboxylic acid groups (broad SMARTS) is 1. The van der Waals surface area contributed by atoms with Gasteiger partial charge in [0.1, 0.15) is 0 Å². The molecule has 8 nitrogen and oxygen atoms in total. The minimum atomic E-state index is -0.815. The van der Waals surface area contributed by atoms with Gasteiger partial charge in [0.05, 0.1) is 37.6 Å². The zero-order valence-corrected chi connectivity index (χ0v) is 16.1. The van der Waals surface area contributed by atoms with Crippen molar-refractivity contribution in [1.29, 1.82) is 0 Å². The van der Waals surface area contributed by atoms with Crippen LogP contribution in [0.5, 0.6) is 0 Å². The molecule has 3 heterocycles. The van der Waals surface area contributed by atoms with E-state index < -0.39 is 5.97 Å². The molecule has 8 heteroatoms. The highest BCUT2D eigenvalue weighted by Gasteiger charge is 2.23. The number of aliphatic carboxylic acids is 1. The molecule has 0 bridgehead atoms.